The summed E-state index contributed by atoms with van der Waals surface area (Å²) in [6.45, 7) is 1.11. The first kappa shape index (κ1) is 18.8. The predicted molar refractivity (Wildman–Crippen MR) is 82.1 cm³/mol. The number of rotatable bonds is 3. The number of hydrogen-bond donors (Lipinski definition) is 1. The van der Waals surface area contributed by atoms with E-state index in [-0.39, 0.29) is 18.3 Å². The maximum Gasteiger partial charge on any atom is 0.573 e. The van der Waals surface area contributed by atoms with Gasteiger partial charge in [-0.25, -0.2) is 4.98 Å². The topological polar surface area (TPSA) is 73.6 Å². The first-order valence-electron chi connectivity index (χ1n) is 7.49. The molecule has 25 heavy (non-hydrogen) atoms. The smallest absolute Gasteiger partial charge is 0.483 e. The number of halogens is 3. The zero-order chi connectivity index (χ0) is 18.3. The highest BCUT2D eigenvalue weighted by Gasteiger charge is 2.31. The van der Waals surface area contributed by atoms with Crippen molar-refractivity contribution in [3.63, 3.8) is 0 Å². The van der Waals surface area contributed by atoms with E-state index in [1.54, 1.807) is 12.3 Å². The van der Waals surface area contributed by atoms with Crippen molar-refractivity contribution < 1.29 is 32.5 Å². The minimum atomic E-state index is -4.70. The van der Waals surface area contributed by atoms with Crippen molar-refractivity contribution in [1.82, 2.24) is 9.55 Å². The summed E-state index contributed by atoms with van der Waals surface area (Å²) in [5.74, 6) is 0.394. The standard InChI is InChI=1S/C15H15F3N2O2.CH2O2/c16-15(17,18)22-13-3-1-2-11(10-13)14-19-6-7-20(14)12-4-8-21-9-5-12;2-1-3/h1-3,6-7,10,12H,4-5,8-9H2;1H,(H,2,3). The Morgan fingerprint density at radius 2 is 2.00 bits per heavy atom. The van der Waals surface area contributed by atoms with Crippen molar-refractivity contribution in [2.45, 2.75) is 25.2 Å². The summed E-state index contributed by atoms with van der Waals surface area (Å²) >= 11 is 0. The number of alkyl halides is 3. The monoisotopic (exact) mass is 358 g/mol. The molecule has 3 rings (SSSR count). The molecule has 1 N–H and O–H groups in total. The molecule has 2 heterocycles. The van der Waals surface area contributed by atoms with Gasteiger partial charge in [0.2, 0.25) is 0 Å². The molecule has 0 amide bonds. The maximum absolute atomic E-state index is 12.3. The normalized spacial score (nSPS) is 15.2. The van der Waals surface area contributed by atoms with Crippen molar-refractivity contribution in [2.24, 2.45) is 0 Å². The minimum Gasteiger partial charge on any atom is -0.483 e. The van der Waals surface area contributed by atoms with E-state index >= 15 is 0 Å². The van der Waals surface area contributed by atoms with Crippen LogP contribution in [0.2, 0.25) is 0 Å². The maximum atomic E-state index is 12.3. The highest BCUT2D eigenvalue weighted by atomic mass is 19.4. The molecular weight excluding hydrogens is 341 g/mol. The van der Waals surface area contributed by atoms with E-state index in [1.165, 1.54) is 18.2 Å². The lowest BCUT2D eigenvalue weighted by molar-refractivity contribution is -0.274. The number of aromatic nitrogens is 2. The van der Waals surface area contributed by atoms with Crippen molar-refractivity contribution >= 4 is 6.47 Å². The predicted octanol–water partition coefficient (Wildman–Crippen LogP) is 3.50. The average Bonchev–Trinajstić information content (AvgIpc) is 3.05. The Kier molecular flexibility index (Phi) is 6.40. The lowest BCUT2D eigenvalue weighted by Crippen LogP contribution is -2.20. The third kappa shape index (κ3) is 5.49. The second kappa shape index (κ2) is 8.52. The molecule has 1 aliphatic rings. The Morgan fingerprint density at radius 1 is 1.32 bits per heavy atom. The van der Waals surface area contributed by atoms with Gasteiger partial charge in [-0.3, -0.25) is 4.79 Å². The van der Waals surface area contributed by atoms with Crippen LogP contribution in [0.25, 0.3) is 11.4 Å². The summed E-state index contributed by atoms with van der Waals surface area (Å²) in [5, 5.41) is 6.89. The van der Waals surface area contributed by atoms with Crippen molar-refractivity contribution in [3.8, 4) is 17.1 Å². The van der Waals surface area contributed by atoms with Gasteiger partial charge in [0, 0.05) is 37.2 Å². The van der Waals surface area contributed by atoms with E-state index < -0.39 is 6.36 Å². The van der Waals surface area contributed by atoms with Gasteiger partial charge in [0.15, 0.2) is 0 Å². The van der Waals surface area contributed by atoms with E-state index in [4.69, 9.17) is 14.6 Å². The number of carboxylic acid groups (broad SMARTS) is 1. The van der Waals surface area contributed by atoms with Crippen molar-refractivity contribution in [1.29, 1.82) is 0 Å². The van der Waals surface area contributed by atoms with Crippen molar-refractivity contribution in [2.75, 3.05) is 13.2 Å². The second-order valence-electron chi connectivity index (χ2n) is 5.18. The fourth-order valence-electron chi connectivity index (χ4n) is 2.63. The summed E-state index contributed by atoms with van der Waals surface area (Å²) in [4.78, 5) is 12.6. The van der Waals surface area contributed by atoms with Gasteiger partial charge < -0.3 is 19.1 Å². The van der Waals surface area contributed by atoms with Crippen LogP contribution in [0.1, 0.15) is 18.9 Å². The Balaban J connectivity index is 0.000000701. The highest BCUT2D eigenvalue weighted by molar-refractivity contribution is 5.58. The van der Waals surface area contributed by atoms with Gasteiger partial charge >= 0.3 is 6.36 Å². The molecule has 0 aliphatic carbocycles. The third-order valence-electron chi connectivity index (χ3n) is 3.58. The first-order valence-corrected chi connectivity index (χ1v) is 7.49. The molecule has 9 heteroatoms. The van der Waals surface area contributed by atoms with E-state index in [0.29, 0.717) is 24.6 Å². The van der Waals surface area contributed by atoms with Crippen molar-refractivity contribution in [3.05, 3.63) is 36.7 Å². The highest BCUT2D eigenvalue weighted by Crippen LogP contribution is 2.30. The summed E-state index contributed by atoms with van der Waals surface area (Å²) in [6.07, 6.45) is 0.531. The zero-order valence-electron chi connectivity index (χ0n) is 13.1. The number of benzene rings is 1. The van der Waals surface area contributed by atoms with Crippen LogP contribution < -0.4 is 4.74 Å². The van der Waals surface area contributed by atoms with Crippen LogP contribution in [0, 0.1) is 0 Å². The quantitative estimate of drug-likeness (QED) is 0.850. The lowest BCUT2D eigenvalue weighted by atomic mass is 10.1. The zero-order valence-corrected chi connectivity index (χ0v) is 13.1. The molecule has 136 valence electrons. The van der Waals surface area contributed by atoms with Crippen LogP contribution in [-0.2, 0) is 9.53 Å². The minimum absolute atomic E-state index is 0.244. The SMILES string of the molecule is FC(F)(F)Oc1cccc(-c2nccn2C2CCOCC2)c1.O=CO. The van der Waals surface area contributed by atoms with Crippen LogP contribution in [-0.4, -0.2) is 40.7 Å². The van der Waals surface area contributed by atoms with E-state index in [1.807, 2.05) is 10.8 Å². The first-order chi connectivity index (χ1) is 11.9. The number of carbonyl (C=O) groups is 1. The third-order valence-corrected chi connectivity index (χ3v) is 3.58. The Hall–Kier alpha value is -2.55. The fourth-order valence-corrected chi connectivity index (χ4v) is 2.63. The van der Waals surface area contributed by atoms with Crippen LogP contribution >= 0.6 is 0 Å². The molecule has 1 aliphatic heterocycles. The number of imidazole rings is 1. The molecular formula is C16H17F3N2O4. The molecule has 0 radical (unpaired) electrons. The summed E-state index contributed by atoms with van der Waals surface area (Å²) < 4.78 is 48.3. The molecule has 1 fully saturated rings. The van der Waals surface area contributed by atoms with E-state index in [9.17, 15) is 13.2 Å². The molecule has 1 saturated heterocycles. The number of nitrogens with zero attached hydrogens (tertiary/aromatic N) is 2. The molecule has 0 unspecified atom stereocenters. The van der Waals surface area contributed by atoms with Gasteiger partial charge in [-0.15, -0.1) is 13.2 Å². The van der Waals surface area contributed by atoms with E-state index in [2.05, 4.69) is 9.72 Å². The molecule has 1 aromatic carbocycles. The second-order valence-corrected chi connectivity index (χ2v) is 5.18. The number of ether oxygens (including phenoxy) is 2. The molecule has 0 atom stereocenters. The van der Waals surface area contributed by atoms with Gasteiger partial charge in [-0.2, -0.15) is 0 Å². The van der Waals surface area contributed by atoms with Gasteiger partial charge in [0.25, 0.3) is 6.47 Å². The van der Waals surface area contributed by atoms with Gasteiger partial charge in [0.05, 0.1) is 0 Å². The summed E-state index contributed by atoms with van der Waals surface area (Å²) in [6, 6.07) is 6.13. The summed E-state index contributed by atoms with van der Waals surface area (Å²) in [7, 11) is 0. The van der Waals surface area contributed by atoms with Crippen LogP contribution in [0.4, 0.5) is 13.2 Å². The largest absolute Gasteiger partial charge is 0.573 e. The Bertz CT molecular complexity index is 682. The molecule has 6 nitrogen and oxygen atoms in total. The van der Waals surface area contributed by atoms with Gasteiger partial charge in [-0.1, -0.05) is 12.1 Å². The average molecular weight is 358 g/mol. The van der Waals surface area contributed by atoms with E-state index in [0.717, 1.165) is 12.8 Å². The fraction of sp³-hybridized carbons (Fsp3) is 0.375. The van der Waals surface area contributed by atoms with Gasteiger partial charge in [-0.05, 0) is 25.0 Å². The molecule has 2 aromatic rings. The Labute approximate surface area is 141 Å². The summed E-state index contributed by atoms with van der Waals surface area (Å²) in [5.41, 5.74) is 0.596. The van der Waals surface area contributed by atoms with Crippen LogP contribution in [0.15, 0.2) is 36.7 Å². The Morgan fingerprint density at radius 3 is 2.64 bits per heavy atom. The molecule has 0 saturated carbocycles. The molecule has 0 spiro atoms. The van der Waals surface area contributed by atoms with Crippen LogP contribution in [0.3, 0.4) is 0 Å². The molecule has 0 bridgehead atoms. The van der Waals surface area contributed by atoms with Crippen LogP contribution in [0.5, 0.6) is 5.75 Å². The number of hydrogen-bond acceptors (Lipinski definition) is 4. The van der Waals surface area contributed by atoms with Gasteiger partial charge in [0.1, 0.15) is 11.6 Å². The molecule has 1 aromatic heterocycles. The lowest BCUT2D eigenvalue weighted by Gasteiger charge is -2.25.